The minimum Gasteiger partial charge on any atom is -0.384 e. The number of hydrogen-bond acceptors (Lipinski definition) is 5. The smallest absolute Gasteiger partial charge is 0.384 e. The highest BCUT2D eigenvalue weighted by Gasteiger charge is 2.31. The molecule has 1 saturated heterocycles. The zero-order valence-electron chi connectivity index (χ0n) is 19.2. The Morgan fingerprint density at radius 3 is 2.71 bits per heavy atom. The Bertz CT molecular complexity index is 1080. The van der Waals surface area contributed by atoms with E-state index in [1.54, 1.807) is 25.1 Å². The van der Waals surface area contributed by atoms with Gasteiger partial charge in [-0.1, -0.05) is 24.7 Å². The molecule has 0 unspecified atom stereocenters. The molecule has 0 atom stereocenters. The maximum Gasteiger partial charge on any atom is 0.406 e. The number of alkyl halides is 3. The molecule has 7 nitrogen and oxygen atoms in total. The lowest BCUT2D eigenvalue weighted by Crippen LogP contribution is -2.45. The van der Waals surface area contributed by atoms with Gasteiger partial charge in [-0.25, -0.2) is 0 Å². The average Bonchev–Trinajstić information content (AvgIpc) is 3.55. The van der Waals surface area contributed by atoms with Crippen LogP contribution in [-0.2, 0) is 16.2 Å². The third-order valence-corrected chi connectivity index (χ3v) is 6.05. The highest BCUT2D eigenvalue weighted by atomic mass is 19.4. The van der Waals surface area contributed by atoms with E-state index in [1.807, 2.05) is 6.07 Å². The Labute approximate surface area is 196 Å². The van der Waals surface area contributed by atoms with Crippen LogP contribution in [-0.4, -0.2) is 48.5 Å². The van der Waals surface area contributed by atoms with Gasteiger partial charge in [0.25, 0.3) is 0 Å². The van der Waals surface area contributed by atoms with Gasteiger partial charge in [0.2, 0.25) is 5.91 Å². The van der Waals surface area contributed by atoms with Crippen LogP contribution in [0.15, 0.2) is 41.8 Å². The zero-order valence-corrected chi connectivity index (χ0v) is 19.2. The van der Waals surface area contributed by atoms with E-state index < -0.39 is 12.7 Å². The van der Waals surface area contributed by atoms with Gasteiger partial charge in [0.15, 0.2) is 0 Å². The van der Waals surface area contributed by atoms with E-state index >= 15 is 0 Å². The maximum atomic E-state index is 13.5. The first kappa shape index (κ1) is 24.1. The van der Waals surface area contributed by atoms with Crippen molar-refractivity contribution in [1.82, 2.24) is 15.2 Å². The summed E-state index contributed by atoms with van der Waals surface area (Å²) in [6, 6.07) is 7.04. The second-order valence-electron chi connectivity index (χ2n) is 8.89. The minimum atomic E-state index is -4.40. The van der Waals surface area contributed by atoms with Gasteiger partial charge in [0.05, 0.1) is 17.8 Å². The van der Waals surface area contributed by atoms with Crippen LogP contribution in [0.25, 0.3) is 10.9 Å². The fourth-order valence-corrected chi connectivity index (χ4v) is 3.89. The summed E-state index contributed by atoms with van der Waals surface area (Å²) >= 11 is 0. The lowest BCUT2D eigenvalue weighted by Gasteiger charge is -2.27. The van der Waals surface area contributed by atoms with Gasteiger partial charge in [0, 0.05) is 42.5 Å². The second kappa shape index (κ2) is 10.1. The third-order valence-electron chi connectivity index (χ3n) is 6.05. The minimum absolute atomic E-state index is 0.0486. The number of nitrogens with zero attached hydrogens (tertiary/aromatic N) is 2. The van der Waals surface area contributed by atoms with Crippen LogP contribution in [0, 0.1) is 11.8 Å². The number of benzene rings is 1. The number of hydrogen-bond donors (Lipinski definition) is 3. The van der Waals surface area contributed by atoms with E-state index in [0.717, 1.165) is 38.2 Å². The van der Waals surface area contributed by atoms with Gasteiger partial charge in [-0.15, -0.1) is 0 Å². The molecule has 10 heteroatoms. The van der Waals surface area contributed by atoms with Crippen LogP contribution < -0.4 is 16.0 Å². The van der Waals surface area contributed by atoms with Gasteiger partial charge >= 0.3 is 6.18 Å². The summed E-state index contributed by atoms with van der Waals surface area (Å²) in [5.74, 6) is 0.728. The lowest BCUT2D eigenvalue weighted by atomic mass is 10.0. The number of carbonyl (C=O) groups excluding carboxylic acids is 1. The standard InChI is InChI=1S/C24H30F3N5O2/c1-3-19(31-34-15(2)10-30-23(33)17-7-8-17)22-9-18-20(29-13-16-11-28-12-16)5-4-6-21(18)32(22)14-24(25,26)27/h4-6,9,16-17,28-29H,2-3,7-8,10-14H2,1H3,(H,30,33)/b31-19+. The summed E-state index contributed by atoms with van der Waals surface area (Å²) in [6.45, 7) is 7.12. The van der Waals surface area contributed by atoms with Crippen LogP contribution in [0.3, 0.4) is 0 Å². The molecule has 2 fully saturated rings. The van der Waals surface area contributed by atoms with Crippen molar-refractivity contribution >= 4 is 28.2 Å². The normalized spacial score (nSPS) is 16.9. The van der Waals surface area contributed by atoms with Crippen molar-refractivity contribution in [3.63, 3.8) is 0 Å². The summed E-state index contributed by atoms with van der Waals surface area (Å²) in [5.41, 5.74) is 1.96. The van der Waals surface area contributed by atoms with Crippen molar-refractivity contribution in [2.24, 2.45) is 17.0 Å². The number of carbonyl (C=O) groups is 1. The van der Waals surface area contributed by atoms with Crippen molar-refractivity contribution in [2.75, 3.05) is 31.5 Å². The molecule has 1 aliphatic heterocycles. The molecule has 0 bridgehead atoms. The average molecular weight is 478 g/mol. The molecule has 2 aliphatic rings. The van der Waals surface area contributed by atoms with Gasteiger partial charge in [-0.3, -0.25) is 4.79 Å². The van der Waals surface area contributed by atoms with E-state index in [9.17, 15) is 18.0 Å². The van der Waals surface area contributed by atoms with Crippen molar-refractivity contribution < 1.29 is 22.8 Å². The van der Waals surface area contributed by atoms with Crippen LogP contribution in [0.1, 0.15) is 31.9 Å². The van der Waals surface area contributed by atoms with Crippen LogP contribution in [0.2, 0.25) is 0 Å². The van der Waals surface area contributed by atoms with Gasteiger partial charge in [0.1, 0.15) is 18.0 Å². The van der Waals surface area contributed by atoms with Crippen LogP contribution >= 0.6 is 0 Å². The van der Waals surface area contributed by atoms with Gasteiger partial charge in [-0.2, -0.15) is 13.2 Å². The molecule has 2 heterocycles. The molecule has 1 aromatic carbocycles. The number of amides is 1. The first-order chi connectivity index (χ1) is 16.2. The Morgan fingerprint density at radius 1 is 1.32 bits per heavy atom. The molecule has 1 amide bonds. The number of nitrogens with one attached hydrogen (secondary N) is 3. The summed E-state index contributed by atoms with van der Waals surface area (Å²) in [5, 5.41) is 14.1. The quantitative estimate of drug-likeness (QED) is 0.260. The van der Waals surface area contributed by atoms with Gasteiger partial charge in [-0.05, 0) is 37.5 Å². The van der Waals surface area contributed by atoms with Crippen molar-refractivity contribution in [1.29, 1.82) is 0 Å². The molecular formula is C24H30F3N5O2. The molecule has 4 rings (SSSR count). The Morgan fingerprint density at radius 2 is 2.09 bits per heavy atom. The SMILES string of the molecule is C=C(CNC(=O)C1CC1)O/N=C(\CC)c1cc2c(NCC3CNC3)cccc2n1CC(F)(F)F. The number of halogens is 3. The highest BCUT2D eigenvalue weighted by molar-refractivity contribution is 6.05. The molecule has 3 N–H and O–H groups in total. The van der Waals surface area contributed by atoms with Crippen molar-refractivity contribution in [2.45, 2.75) is 38.9 Å². The Balaban J connectivity index is 1.58. The molecule has 1 aliphatic carbocycles. The molecule has 34 heavy (non-hydrogen) atoms. The van der Waals surface area contributed by atoms with E-state index in [4.69, 9.17) is 4.84 Å². The molecule has 0 radical (unpaired) electrons. The number of aromatic nitrogens is 1. The molecule has 184 valence electrons. The summed E-state index contributed by atoms with van der Waals surface area (Å²) in [4.78, 5) is 17.2. The van der Waals surface area contributed by atoms with Crippen LogP contribution in [0.4, 0.5) is 18.9 Å². The lowest BCUT2D eigenvalue weighted by molar-refractivity contribution is -0.140. The predicted octanol–water partition coefficient (Wildman–Crippen LogP) is 4.01. The maximum absolute atomic E-state index is 13.5. The second-order valence-corrected chi connectivity index (χ2v) is 8.89. The van der Waals surface area contributed by atoms with Crippen molar-refractivity contribution in [3.8, 4) is 0 Å². The molecule has 1 saturated carbocycles. The number of anilines is 1. The first-order valence-electron chi connectivity index (χ1n) is 11.6. The molecule has 2 aromatic rings. The summed E-state index contributed by atoms with van der Waals surface area (Å²) < 4.78 is 41.7. The fourth-order valence-electron chi connectivity index (χ4n) is 3.89. The third kappa shape index (κ3) is 5.91. The van der Waals surface area contributed by atoms with E-state index in [2.05, 4.69) is 27.7 Å². The Kier molecular flexibility index (Phi) is 7.16. The topological polar surface area (TPSA) is 79.7 Å². The number of oxime groups is 1. The predicted molar refractivity (Wildman–Crippen MR) is 126 cm³/mol. The van der Waals surface area contributed by atoms with Crippen molar-refractivity contribution in [3.05, 3.63) is 42.3 Å². The molecule has 0 spiro atoms. The van der Waals surface area contributed by atoms with Crippen LogP contribution in [0.5, 0.6) is 0 Å². The Hall–Kier alpha value is -3.01. The number of rotatable bonds is 11. The largest absolute Gasteiger partial charge is 0.406 e. The molecule has 1 aromatic heterocycles. The summed E-state index contributed by atoms with van der Waals surface area (Å²) in [7, 11) is 0. The fraction of sp³-hybridized carbons (Fsp3) is 0.500. The van der Waals surface area contributed by atoms with E-state index in [1.165, 1.54) is 4.57 Å². The first-order valence-corrected chi connectivity index (χ1v) is 11.6. The molecular weight excluding hydrogens is 447 g/mol. The number of fused-ring (bicyclic) bond motifs is 1. The highest BCUT2D eigenvalue weighted by Crippen LogP contribution is 2.31. The monoisotopic (exact) mass is 477 g/mol. The van der Waals surface area contributed by atoms with E-state index in [0.29, 0.717) is 34.6 Å². The zero-order chi connectivity index (χ0) is 24.3. The van der Waals surface area contributed by atoms with E-state index in [-0.39, 0.29) is 24.1 Å². The summed E-state index contributed by atoms with van der Waals surface area (Å²) in [6.07, 6.45) is -2.28. The van der Waals surface area contributed by atoms with Gasteiger partial charge < -0.3 is 25.4 Å².